The van der Waals surface area contributed by atoms with Gasteiger partial charge in [0.1, 0.15) is 0 Å². The largest absolute Gasteiger partial charge is 0.478 e. The molecular weight excluding hydrogens is 334 g/mol. The Bertz CT molecular complexity index is 721. The number of rotatable bonds is 3. The second-order valence-corrected chi connectivity index (χ2v) is 7.53. The van der Waals surface area contributed by atoms with Gasteiger partial charge in [0.15, 0.2) is 0 Å². The lowest BCUT2D eigenvalue weighted by Gasteiger charge is -2.40. The molecule has 0 unspecified atom stereocenters. The standard InChI is InChI=1S/C19H25N3O4/c1-19(2)15(12-16(23)20(19)3)17(24)22-10-8-21(9-11-22)14-6-4-13(5-7-14)18(25)26/h4-7,15H,8-12H2,1-3H3,(H,25,26)/t15-/m0/s1. The first kappa shape index (κ1) is 18.2. The third-order valence-corrected chi connectivity index (χ3v) is 5.84. The third kappa shape index (κ3) is 3.13. The number of anilines is 1. The fourth-order valence-corrected chi connectivity index (χ4v) is 3.73. The maximum Gasteiger partial charge on any atom is 0.335 e. The van der Waals surface area contributed by atoms with Crippen LogP contribution in [0, 0.1) is 5.92 Å². The summed E-state index contributed by atoms with van der Waals surface area (Å²) in [6, 6.07) is 6.79. The van der Waals surface area contributed by atoms with Crippen LogP contribution in [-0.4, -0.2) is 71.5 Å². The number of carbonyl (C=O) groups excluding carboxylic acids is 2. The minimum atomic E-state index is -0.939. The number of aromatic carboxylic acids is 1. The Balaban J connectivity index is 1.62. The number of benzene rings is 1. The molecule has 2 aliphatic rings. The molecule has 26 heavy (non-hydrogen) atoms. The molecule has 2 aliphatic heterocycles. The van der Waals surface area contributed by atoms with Crippen molar-refractivity contribution in [2.75, 3.05) is 38.1 Å². The van der Waals surface area contributed by atoms with Crippen molar-refractivity contribution in [2.45, 2.75) is 25.8 Å². The number of carboxylic acids is 1. The first-order valence-electron chi connectivity index (χ1n) is 8.85. The lowest BCUT2D eigenvalue weighted by atomic mass is 9.87. The molecule has 1 atom stereocenters. The van der Waals surface area contributed by atoms with Crippen LogP contribution in [0.25, 0.3) is 0 Å². The minimum Gasteiger partial charge on any atom is -0.478 e. The zero-order valence-corrected chi connectivity index (χ0v) is 15.4. The second kappa shape index (κ2) is 6.63. The summed E-state index contributed by atoms with van der Waals surface area (Å²) in [5, 5.41) is 8.98. The molecular formula is C19H25N3O4. The molecule has 7 nitrogen and oxygen atoms in total. The van der Waals surface area contributed by atoms with Gasteiger partial charge < -0.3 is 19.8 Å². The van der Waals surface area contributed by atoms with Crippen molar-refractivity contribution in [3.05, 3.63) is 29.8 Å². The van der Waals surface area contributed by atoms with Crippen molar-refractivity contribution in [2.24, 2.45) is 5.92 Å². The van der Waals surface area contributed by atoms with Crippen molar-refractivity contribution < 1.29 is 19.5 Å². The molecule has 7 heteroatoms. The molecule has 1 aromatic carbocycles. The summed E-state index contributed by atoms with van der Waals surface area (Å²) in [6.07, 6.45) is 0.277. The minimum absolute atomic E-state index is 0.0190. The molecule has 2 heterocycles. The van der Waals surface area contributed by atoms with E-state index in [0.29, 0.717) is 26.2 Å². The Morgan fingerprint density at radius 2 is 1.65 bits per heavy atom. The Labute approximate surface area is 153 Å². The molecule has 0 radical (unpaired) electrons. The summed E-state index contributed by atoms with van der Waals surface area (Å²) < 4.78 is 0. The van der Waals surface area contributed by atoms with Gasteiger partial charge >= 0.3 is 5.97 Å². The van der Waals surface area contributed by atoms with Gasteiger partial charge in [0.2, 0.25) is 11.8 Å². The van der Waals surface area contributed by atoms with E-state index in [9.17, 15) is 14.4 Å². The number of piperazine rings is 1. The van der Waals surface area contributed by atoms with E-state index in [4.69, 9.17) is 5.11 Å². The Morgan fingerprint density at radius 1 is 1.08 bits per heavy atom. The number of hydrogen-bond donors (Lipinski definition) is 1. The van der Waals surface area contributed by atoms with E-state index in [1.165, 1.54) is 0 Å². The molecule has 0 spiro atoms. The van der Waals surface area contributed by atoms with Gasteiger partial charge in [-0.1, -0.05) is 0 Å². The molecule has 1 N–H and O–H groups in total. The number of carboxylic acid groups (broad SMARTS) is 1. The van der Waals surface area contributed by atoms with E-state index in [1.54, 1.807) is 36.2 Å². The van der Waals surface area contributed by atoms with Gasteiger partial charge in [0.25, 0.3) is 0 Å². The quantitative estimate of drug-likeness (QED) is 0.880. The maximum absolute atomic E-state index is 12.9. The topological polar surface area (TPSA) is 81.2 Å². The van der Waals surface area contributed by atoms with Crippen LogP contribution in [0.1, 0.15) is 30.6 Å². The van der Waals surface area contributed by atoms with Crippen molar-refractivity contribution in [1.29, 1.82) is 0 Å². The summed E-state index contributed by atoms with van der Waals surface area (Å²) in [6.45, 7) is 6.47. The fraction of sp³-hybridized carbons (Fsp3) is 0.526. The molecule has 140 valence electrons. The fourth-order valence-electron chi connectivity index (χ4n) is 3.73. The summed E-state index contributed by atoms with van der Waals surface area (Å²) in [5.74, 6) is -1.17. The SMILES string of the molecule is CN1C(=O)C[C@@H](C(=O)N2CCN(c3ccc(C(=O)O)cc3)CC2)C1(C)C. The van der Waals surface area contributed by atoms with E-state index in [-0.39, 0.29) is 29.7 Å². The summed E-state index contributed by atoms with van der Waals surface area (Å²) in [5.41, 5.74) is 0.760. The van der Waals surface area contributed by atoms with Crippen LogP contribution in [0.2, 0.25) is 0 Å². The first-order chi connectivity index (χ1) is 12.2. The number of hydrogen-bond acceptors (Lipinski definition) is 4. The maximum atomic E-state index is 12.9. The monoisotopic (exact) mass is 359 g/mol. The molecule has 0 bridgehead atoms. The predicted molar refractivity (Wildman–Crippen MR) is 97.2 cm³/mol. The van der Waals surface area contributed by atoms with Crippen LogP contribution in [-0.2, 0) is 9.59 Å². The van der Waals surface area contributed by atoms with Crippen molar-refractivity contribution >= 4 is 23.5 Å². The van der Waals surface area contributed by atoms with E-state index in [1.807, 2.05) is 18.7 Å². The van der Waals surface area contributed by atoms with E-state index in [0.717, 1.165) is 5.69 Å². The molecule has 0 saturated carbocycles. The first-order valence-corrected chi connectivity index (χ1v) is 8.85. The highest BCUT2D eigenvalue weighted by molar-refractivity contribution is 5.91. The van der Waals surface area contributed by atoms with E-state index >= 15 is 0 Å². The van der Waals surface area contributed by atoms with Crippen molar-refractivity contribution in [3.8, 4) is 0 Å². The van der Waals surface area contributed by atoms with Crippen LogP contribution >= 0.6 is 0 Å². The van der Waals surface area contributed by atoms with Crippen molar-refractivity contribution in [1.82, 2.24) is 9.80 Å². The zero-order chi connectivity index (χ0) is 19.1. The second-order valence-electron chi connectivity index (χ2n) is 7.53. The van der Waals surface area contributed by atoms with Crippen molar-refractivity contribution in [3.63, 3.8) is 0 Å². The van der Waals surface area contributed by atoms with Gasteiger partial charge in [0, 0.05) is 50.9 Å². The Hall–Kier alpha value is -2.57. The van der Waals surface area contributed by atoms with E-state index < -0.39 is 11.5 Å². The highest BCUT2D eigenvalue weighted by atomic mass is 16.4. The van der Waals surface area contributed by atoms with Gasteiger partial charge in [0.05, 0.1) is 11.5 Å². The van der Waals surface area contributed by atoms with Gasteiger partial charge in [-0.15, -0.1) is 0 Å². The number of amides is 2. The van der Waals surface area contributed by atoms with Gasteiger partial charge in [-0.25, -0.2) is 4.79 Å². The molecule has 1 aromatic rings. The van der Waals surface area contributed by atoms with Crippen LogP contribution in [0.15, 0.2) is 24.3 Å². The lowest BCUT2D eigenvalue weighted by Crippen LogP contribution is -2.54. The summed E-state index contributed by atoms with van der Waals surface area (Å²) in [4.78, 5) is 41.6. The predicted octanol–water partition coefficient (Wildman–Crippen LogP) is 1.29. The molecule has 2 amide bonds. The highest BCUT2D eigenvalue weighted by Crippen LogP contribution is 2.35. The normalized spacial score (nSPS) is 22.7. The number of likely N-dealkylation sites (tertiary alicyclic amines) is 1. The molecule has 0 aromatic heterocycles. The Morgan fingerprint density at radius 3 is 2.12 bits per heavy atom. The van der Waals surface area contributed by atoms with Crippen LogP contribution < -0.4 is 4.90 Å². The zero-order valence-electron chi connectivity index (χ0n) is 15.4. The molecule has 2 saturated heterocycles. The van der Waals surface area contributed by atoms with E-state index in [2.05, 4.69) is 4.90 Å². The molecule has 2 fully saturated rings. The van der Waals surface area contributed by atoms with Crippen LogP contribution in [0.5, 0.6) is 0 Å². The van der Waals surface area contributed by atoms with Gasteiger partial charge in [-0.2, -0.15) is 0 Å². The molecule has 0 aliphatic carbocycles. The number of carbonyl (C=O) groups is 3. The number of nitrogens with zero attached hydrogens (tertiary/aromatic N) is 3. The Kier molecular flexibility index (Phi) is 4.64. The third-order valence-electron chi connectivity index (χ3n) is 5.84. The summed E-state index contributed by atoms with van der Waals surface area (Å²) in [7, 11) is 1.76. The van der Waals surface area contributed by atoms with Crippen LogP contribution in [0.3, 0.4) is 0 Å². The highest BCUT2D eigenvalue weighted by Gasteiger charge is 2.49. The lowest BCUT2D eigenvalue weighted by molar-refractivity contribution is -0.138. The van der Waals surface area contributed by atoms with Gasteiger partial charge in [-0.3, -0.25) is 9.59 Å². The smallest absolute Gasteiger partial charge is 0.335 e. The van der Waals surface area contributed by atoms with Crippen LogP contribution in [0.4, 0.5) is 5.69 Å². The average Bonchev–Trinajstić information content (AvgIpc) is 2.84. The summed E-state index contributed by atoms with van der Waals surface area (Å²) >= 11 is 0. The average molecular weight is 359 g/mol. The van der Waals surface area contributed by atoms with Gasteiger partial charge in [-0.05, 0) is 38.1 Å². The molecule has 3 rings (SSSR count).